The highest BCUT2D eigenvalue weighted by molar-refractivity contribution is 5.79. The molecule has 0 bridgehead atoms. The van der Waals surface area contributed by atoms with E-state index in [2.05, 4.69) is 15.5 Å². The van der Waals surface area contributed by atoms with Crippen LogP contribution in [-0.4, -0.2) is 22.6 Å². The van der Waals surface area contributed by atoms with Crippen molar-refractivity contribution in [3.63, 3.8) is 0 Å². The Balaban J connectivity index is 1.34. The van der Waals surface area contributed by atoms with E-state index in [4.69, 9.17) is 0 Å². The van der Waals surface area contributed by atoms with Crippen molar-refractivity contribution in [2.24, 2.45) is 17.8 Å². The van der Waals surface area contributed by atoms with E-state index in [-0.39, 0.29) is 5.91 Å². The number of hydrogen-bond donors (Lipinski definition) is 2. The molecule has 0 radical (unpaired) electrons. The molecule has 98 valence electrons. The number of hydrogen-bond acceptors (Lipinski definition) is 2. The Kier molecular flexibility index (Phi) is 3.10. The van der Waals surface area contributed by atoms with Crippen LogP contribution in [0.3, 0.4) is 0 Å². The topological polar surface area (TPSA) is 57.8 Å². The predicted octanol–water partition coefficient (Wildman–Crippen LogP) is 1.81. The number of aryl methyl sites for hydroxylation is 2. The summed E-state index contributed by atoms with van der Waals surface area (Å²) in [5, 5.41) is 10.0. The van der Waals surface area contributed by atoms with Crippen molar-refractivity contribution in [1.82, 2.24) is 15.5 Å². The smallest absolute Gasteiger partial charge is 0.223 e. The van der Waals surface area contributed by atoms with Gasteiger partial charge in [-0.15, -0.1) is 0 Å². The number of amides is 1. The molecule has 2 saturated carbocycles. The molecule has 2 N–H and O–H groups in total. The Morgan fingerprint density at radius 3 is 2.89 bits per heavy atom. The van der Waals surface area contributed by atoms with Gasteiger partial charge in [-0.05, 0) is 56.4 Å². The van der Waals surface area contributed by atoms with Gasteiger partial charge in [-0.1, -0.05) is 0 Å². The molecule has 0 aliphatic heterocycles. The first-order valence-corrected chi connectivity index (χ1v) is 7.00. The van der Waals surface area contributed by atoms with E-state index in [0.717, 1.165) is 49.8 Å². The summed E-state index contributed by atoms with van der Waals surface area (Å²) in [6, 6.07) is 0. The van der Waals surface area contributed by atoms with Crippen LogP contribution in [0.1, 0.15) is 36.9 Å². The second kappa shape index (κ2) is 4.75. The Labute approximate surface area is 108 Å². The van der Waals surface area contributed by atoms with Crippen molar-refractivity contribution in [2.45, 2.75) is 39.0 Å². The summed E-state index contributed by atoms with van der Waals surface area (Å²) in [5.74, 6) is 2.36. The molecule has 0 spiro atoms. The average molecular weight is 247 g/mol. The molecule has 2 atom stereocenters. The fourth-order valence-electron chi connectivity index (χ4n) is 3.19. The van der Waals surface area contributed by atoms with Crippen LogP contribution < -0.4 is 5.32 Å². The molecule has 1 heterocycles. The standard InChI is InChI=1S/C14H21N3O/c1-9-10(8-16-17-9)3-2-4-15-14(18)13-6-11-5-12(11)7-13/h8,11-13H,2-7H2,1H3,(H,15,18)(H,16,17). The van der Waals surface area contributed by atoms with Crippen LogP contribution in [0.25, 0.3) is 0 Å². The third kappa shape index (κ3) is 2.42. The largest absolute Gasteiger partial charge is 0.356 e. The van der Waals surface area contributed by atoms with Crippen molar-refractivity contribution in [1.29, 1.82) is 0 Å². The van der Waals surface area contributed by atoms with Crippen molar-refractivity contribution in [3.05, 3.63) is 17.5 Å². The number of aromatic nitrogens is 2. The summed E-state index contributed by atoms with van der Waals surface area (Å²) in [7, 11) is 0. The minimum atomic E-state index is 0.283. The molecule has 2 aliphatic carbocycles. The molecule has 0 saturated heterocycles. The van der Waals surface area contributed by atoms with Crippen LogP contribution >= 0.6 is 0 Å². The quantitative estimate of drug-likeness (QED) is 0.780. The van der Waals surface area contributed by atoms with Gasteiger partial charge in [0.05, 0.1) is 6.20 Å². The number of H-pyrrole nitrogens is 1. The van der Waals surface area contributed by atoms with Crippen molar-refractivity contribution in [3.8, 4) is 0 Å². The van der Waals surface area contributed by atoms with Crippen LogP contribution in [0.2, 0.25) is 0 Å². The summed E-state index contributed by atoms with van der Waals surface area (Å²) in [6.45, 7) is 2.82. The zero-order valence-corrected chi connectivity index (χ0v) is 10.9. The molecule has 2 aliphatic rings. The number of carbonyl (C=O) groups excluding carboxylic acids is 1. The van der Waals surface area contributed by atoms with Gasteiger partial charge in [0.25, 0.3) is 0 Å². The number of fused-ring (bicyclic) bond motifs is 1. The van der Waals surface area contributed by atoms with Crippen LogP contribution in [-0.2, 0) is 11.2 Å². The predicted molar refractivity (Wildman–Crippen MR) is 69.0 cm³/mol. The Morgan fingerprint density at radius 2 is 2.22 bits per heavy atom. The molecule has 0 aromatic carbocycles. The van der Waals surface area contributed by atoms with E-state index in [1.807, 2.05) is 13.1 Å². The molecule has 2 unspecified atom stereocenters. The molecule has 2 fully saturated rings. The van der Waals surface area contributed by atoms with E-state index in [1.165, 1.54) is 12.0 Å². The van der Waals surface area contributed by atoms with E-state index >= 15 is 0 Å². The van der Waals surface area contributed by atoms with Crippen molar-refractivity contribution >= 4 is 5.91 Å². The van der Waals surface area contributed by atoms with Crippen LogP contribution in [0, 0.1) is 24.7 Å². The first-order valence-electron chi connectivity index (χ1n) is 7.00. The van der Waals surface area contributed by atoms with Gasteiger partial charge in [0.15, 0.2) is 0 Å². The zero-order chi connectivity index (χ0) is 12.5. The maximum Gasteiger partial charge on any atom is 0.223 e. The Morgan fingerprint density at radius 1 is 1.44 bits per heavy atom. The average Bonchev–Trinajstić information content (AvgIpc) is 2.78. The maximum atomic E-state index is 11.9. The fourth-order valence-corrected chi connectivity index (χ4v) is 3.19. The second-order valence-corrected chi connectivity index (χ2v) is 5.84. The van der Waals surface area contributed by atoms with Crippen LogP contribution in [0.5, 0.6) is 0 Å². The molecule has 1 aromatic heterocycles. The minimum absolute atomic E-state index is 0.283. The van der Waals surface area contributed by atoms with Gasteiger partial charge < -0.3 is 5.32 Å². The molecular weight excluding hydrogens is 226 g/mol. The first kappa shape index (κ1) is 11.8. The summed E-state index contributed by atoms with van der Waals surface area (Å²) in [5.41, 5.74) is 2.39. The van der Waals surface area contributed by atoms with Crippen LogP contribution in [0.15, 0.2) is 6.20 Å². The molecular formula is C14H21N3O. The lowest BCUT2D eigenvalue weighted by Crippen LogP contribution is -2.31. The summed E-state index contributed by atoms with van der Waals surface area (Å²) >= 11 is 0. The SMILES string of the molecule is Cc1[nH]ncc1CCCNC(=O)C1CC2CC2C1. The van der Waals surface area contributed by atoms with Gasteiger partial charge >= 0.3 is 0 Å². The molecule has 1 aromatic rings. The normalized spacial score (nSPS) is 29.1. The van der Waals surface area contributed by atoms with Gasteiger partial charge in [0, 0.05) is 18.2 Å². The molecule has 4 nitrogen and oxygen atoms in total. The number of aromatic amines is 1. The van der Waals surface area contributed by atoms with Gasteiger partial charge in [0.2, 0.25) is 5.91 Å². The number of nitrogens with one attached hydrogen (secondary N) is 2. The van der Waals surface area contributed by atoms with Crippen molar-refractivity contribution in [2.75, 3.05) is 6.54 Å². The third-order valence-electron chi connectivity index (χ3n) is 4.47. The fraction of sp³-hybridized carbons (Fsp3) is 0.714. The number of rotatable bonds is 5. The second-order valence-electron chi connectivity index (χ2n) is 5.84. The van der Waals surface area contributed by atoms with Gasteiger partial charge in [-0.25, -0.2) is 0 Å². The van der Waals surface area contributed by atoms with E-state index in [0.29, 0.717) is 5.92 Å². The number of nitrogens with zero attached hydrogens (tertiary/aromatic N) is 1. The maximum absolute atomic E-state index is 11.9. The van der Waals surface area contributed by atoms with E-state index < -0.39 is 0 Å². The summed E-state index contributed by atoms with van der Waals surface area (Å²) in [6.07, 6.45) is 7.50. The van der Waals surface area contributed by atoms with Gasteiger partial charge in [-0.2, -0.15) is 5.10 Å². The molecule has 1 amide bonds. The highest BCUT2D eigenvalue weighted by Gasteiger charge is 2.47. The molecule has 18 heavy (non-hydrogen) atoms. The van der Waals surface area contributed by atoms with Gasteiger partial charge in [-0.3, -0.25) is 9.89 Å². The zero-order valence-electron chi connectivity index (χ0n) is 10.9. The lowest BCUT2D eigenvalue weighted by atomic mass is 10.0. The van der Waals surface area contributed by atoms with Crippen molar-refractivity contribution < 1.29 is 4.79 Å². The lowest BCUT2D eigenvalue weighted by Gasteiger charge is -2.12. The van der Waals surface area contributed by atoms with Gasteiger partial charge in [0.1, 0.15) is 0 Å². The molecule has 3 rings (SSSR count). The highest BCUT2D eigenvalue weighted by Crippen LogP contribution is 2.54. The van der Waals surface area contributed by atoms with E-state index in [9.17, 15) is 4.79 Å². The lowest BCUT2D eigenvalue weighted by molar-refractivity contribution is -0.125. The summed E-state index contributed by atoms with van der Waals surface area (Å²) in [4.78, 5) is 11.9. The minimum Gasteiger partial charge on any atom is -0.356 e. The van der Waals surface area contributed by atoms with E-state index in [1.54, 1.807) is 0 Å². The molecule has 4 heteroatoms. The Hall–Kier alpha value is -1.32. The summed E-state index contributed by atoms with van der Waals surface area (Å²) < 4.78 is 0. The Bertz CT molecular complexity index is 430. The monoisotopic (exact) mass is 247 g/mol. The highest BCUT2D eigenvalue weighted by atomic mass is 16.1. The van der Waals surface area contributed by atoms with Crippen LogP contribution in [0.4, 0.5) is 0 Å². The number of carbonyl (C=O) groups is 1. The first-order chi connectivity index (χ1) is 8.74. The third-order valence-corrected chi connectivity index (χ3v) is 4.47.